The minimum atomic E-state index is -0.410. The fourth-order valence-electron chi connectivity index (χ4n) is 3.58. The van der Waals surface area contributed by atoms with E-state index in [1.807, 2.05) is 30.3 Å². The molecule has 1 unspecified atom stereocenters. The van der Waals surface area contributed by atoms with Crippen LogP contribution in [0, 0.1) is 0 Å². The number of nitrogens with zero attached hydrogens (tertiary/aromatic N) is 4. The summed E-state index contributed by atoms with van der Waals surface area (Å²) in [6.07, 6.45) is 4.53. The number of hydrogen-bond donors (Lipinski definition) is 1. The number of morpholine rings is 1. The van der Waals surface area contributed by atoms with Gasteiger partial charge < -0.3 is 19.9 Å². The number of hydrogen-bond acceptors (Lipinski definition) is 6. The van der Waals surface area contributed by atoms with E-state index in [1.165, 1.54) is 12.4 Å². The standard InChI is InChI=1S/C20H23N5O3/c26-18(15-13-21-20(22-14-15)23-16-5-2-1-3-6-16)25-8-4-7-17(25)19(27)24-9-11-28-12-10-24/h1-3,5-6,13-14,17H,4,7-12H2,(H,21,22,23). The molecule has 4 rings (SSSR count). The summed E-state index contributed by atoms with van der Waals surface area (Å²) >= 11 is 0. The second-order valence-corrected chi connectivity index (χ2v) is 6.88. The van der Waals surface area contributed by atoms with Crippen molar-refractivity contribution in [2.75, 3.05) is 38.2 Å². The molecule has 0 radical (unpaired) electrons. The Bertz CT molecular complexity index is 821. The lowest BCUT2D eigenvalue weighted by Crippen LogP contribution is -2.51. The third-order valence-electron chi connectivity index (χ3n) is 5.05. The van der Waals surface area contributed by atoms with Crippen LogP contribution in [0.15, 0.2) is 42.7 Å². The Morgan fingerprint density at radius 2 is 1.75 bits per heavy atom. The maximum atomic E-state index is 12.9. The van der Waals surface area contributed by atoms with Crippen LogP contribution >= 0.6 is 0 Å². The first-order valence-electron chi connectivity index (χ1n) is 9.54. The first-order valence-corrected chi connectivity index (χ1v) is 9.54. The van der Waals surface area contributed by atoms with Gasteiger partial charge in [-0.05, 0) is 25.0 Å². The summed E-state index contributed by atoms with van der Waals surface area (Å²) in [5.41, 5.74) is 1.26. The molecule has 0 saturated carbocycles. The molecule has 2 saturated heterocycles. The number of rotatable bonds is 4. The molecule has 2 amide bonds. The van der Waals surface area contributed by atoms with E-state index < -0.39 is 6.04 Å². The van der Waals surface area contributed by atoms with E-state index in [4.69, 9.17) is 4.74 Å². The average Bonchev–Trinajstić information content (AvgIpc) is 3.24. The predicted octanol–water partition coefficient (Wildman–Crippen LogP) is 1.68. The van der Waals surface area contributed by atoms with Crippen molar-refractivity contribution in [2.45, 2.75) is 18.9 Å². The lowest BCUT2D eigenvalue weighted by atomic mass is 10.1. The summed E-state index contributed by atoms with van der Waals surface area (Å²) in [6.45, 7) is 2.84. The Balaban J connectivity index is 1.43. The SMILES string of the molecule is O=C(C1CCCN1C(=O)c1cnc(Nc2ccccc2)nc1)N1CCOCC1. The van der Waals surface area contributed by atoms with E-state index in [1.54, 1.807) is 9.80 Å². The molecule has 2 aliphatic heterocycles. The van der Waals surface area contributed by atoms with Crippen molar-refractivity contribution in [3.05, 3.63) is 48.3 Å². The number of ether oxygens (including phenoxy) is 1. The van der Waals surface area contributed by atoms with Crippen molar-refractivity contribution in [1.29, 1.82) is 0 Å². The van der Waals surface area contributed by atoms with Crippen LogP contribution in [0.4, 0.5) is 11.6 Å². The van der Waals surface area contributed by atoms with Crippen LogP contribution in [0.5, 0.6) is 0 Å². The molecule has 0 aliphatic carbocycles. The summed E-state index contributed by atoms with van der Waals surface area (Å²) in [4.78, 5) is 37.7. The van der Waals surface area contributed by atoms with Crippen LogP contribution in [0.3, 0.4) is 0 Å². The molecular weight excluding hydrogens is 358 g/mol. The van der Waals surface area contributed by atoms with Crippen molar-refractivity contribution in [1.82, 2.24) is 19.8 Å². The molecule has 28 heavy (non-hydrogen) atoms. The van der Waals surface area contributed by atoms with Gasteiger partial charge in [0.15, 0.2) is 0 Å². The number of carbonyl (C=O) groups excluding carboxylic acids is 2. The zero-order chi connectivity index (χ0) is 19.3. The first-order chi connectivity index (χ1) is 13.7. The highest BCUT2D eigenvalue weighted by molar-refractivity contribution is 5.97. The van der Waals surface area contributed by atoms with Gasteiger partial charge in [0, 0.05) is 37.7 Å². The number of para-hydroxylation sites is 1. The highest BCUT2D eigenvalue weighted by Gasteiger charge is 2.37. The molecule has 8 heteroatoms. The zero-order valence-electron chi connectivity index (χ0n) is 15.6. The van der Waals surface area contributed by atoms with Crippen molar-refractivity contribution >= 4 is 23.5 Å². The molecule has 2 fully saturated rings. The number of likely N-dealkylation sites (tertiary alicyclic amines) is 1. The minimum Gasteiger partial charge on any atom is -0.378 e. The molecule has 1 aromatic carbocycles. The number of benzene rings is 1. The smallest absolute Gasteiger partial charge is 0.257 e. The number of amides is 2. The molecule has 146 valence electrons. The topological polar surface area (TPSA) is 87.7 Å². The lowest BCUT2D eigenvalue weighted by molar-refractivity contribution is -0.139. The Morgan fingerprint density at radius 3 is 2.46 bits per heavy atom. The summed E-state index contributed by atoms with van der Waals surface area (Å²) in [5, 5.41) is 3.09. The third-order valence-corrected chi connectivity index (χ3v) is 5.05. The van der Waals surface area contributed by atoms with E-state index >= 15 is 0 Å². The molecule has 2 aromatic rings. The van der Waals surface area contributed by atoms with E-state index in [0.717, 1.165) is 12.1 Å². The van der Waals surface area contributed by atoms with Crippen LogP contribution in [0.2, 0.25) is 0 Å². The fourth-order valence-corrected chi connectivity index (χ4v) is 3.58. The highest BCUT2D eigenvalue weighted by atomic mass is 16.5. The summed E-state index contributed by atoms with van der Waals surface area (Å²) < 4.78 is 5.31. The zero-order valence-corrected chi connectivity index (χ0v) is 15.6. The van der Waals surface area contributed by atoms with E-state index in [9.17, 15) is 9.59 Å². The quantitative estimate of drug-likeness (QED) is 0.867. The Morgan fingerprint density at radius 1 is 1.04 bits per heavy atom. The summed E-state index contributed by atoms with van der Waals surface area (Å²) in [7, 11) is 0. The van der Waals surface area contributed by atoms with Gasteiger partial charge in [0.25, 0.3) is 5.91 Å². The third kappa shape index (κ3) is 3.96. The van der Waals surface area contributed by atoms with Crippen molar-refractivity contribution in [2.24, 2.45) is 0 Å². The number of nitrogens with one attached hydrogen (secondary N) is 1. The Hall–Kier alpha value is -3.00. The Kier molecular flexibility index (Phi) is 5.48. The minimum absolute atomic E-state index is 0.0115. The van der Waals surface area contributed by atoms with E-state index in [-0.39, 0.29) is 11.8 Å². The molecule has 0 bridgehead atoms. The molecule has 0 spiro atoms. The van der Waals surface area contributed by atoms with Crippen LogP contribution in [0.25, 0.3) is 0 Å². The molecule has 1 N–H and O–H groups in total. The van der Waals surface area contributed by atoms with Gasteiger partial charge in [-0.3, -0.25) is 9.59 Å². The molecule has 1 aromatic heterocycles. The van der Waals surface area contributed by atoms with Gasteiger partial charge in [-0.15, -0.1) is 0 Å². The van der Waals surface area contributed by atoms with E-state index in [0.29, 0.717) is 50.8 Å². The fraction of sp³-hybridized carbons (Fsp3) is 0.400. The van der Waals surface area contributed by atoms with Crippen LogP contribution in [-0.2, 0) is 9.53 Å². The maximum absolute atomic E-state index is 12.9. The first kappa shape index (κ1) is 18.4. The Labute approximate surface area is 163 Å². The number of anilines is 2. The van der Waals surface area contributed by atoms with Crippen LogP contribution in [0.1, 0.15) is 23.2 Å². The number of aromatic nitrogens is 2. The molecular formula is C20H23N5O3. The maximum Gasteiger partial charge on any atom is 0.257 e. The second-order valence-electron chi connectivity index (χ2n) is 6.88. The van der Waals surface area contributed by atoms with Gasteiger partial charge in [-0.25, -0.2) is 9.97 Å². The van der Waals surface area contributed by atoms with Crippen LogP contribution in [-0.4, -0.2) is 70.5 Å². The molecule has 8 nitrogen and oxygen atoms in total. The molecule has 3 heterocycles. The van der Waals surface area contributed by atoms with Gasteiger partial charge in [0.2, 0.25) is 11.9 Å². The summed E-state index contributed by atoms with van der Waals surface area (Å²) in [6, 6.07) is 9.17. The van der Waals surface area contributed by atoms with Gasteiger partial charge in [0.05, 0.1) is 18.8 Å². The van der Waals surface area contributed by atoms with Gasteiger partial charge >= 0.3 is 0 Å². The van der Waals surface area contributed by atoms with Crippen molar-refractivity contribution in [3.63, 3.8) is 0 Å². The highest BCUT2D eigenvalue weighted by Crippen LogP contribution is 2.22. The monoisotopic (exact) mass is 381 g/mol. The van der Waals surface area contributed by atoms with Gasteiger partial charge in [-0.1, -0.05) is 18.2 Å². The largest absolute Gasteiger partial charge is 0.378 e. The van der Waals surface area contributed by atoms with Gasteiger partial charge in [0.1, 0.15) is 6.04 Å². The predicted molar refractivity (Wildman–Crippen MR) is 103 cm³/mol. The second kappa shape index (κ2) is 8.35. The van der Waals surface area contributed by atoms with Gasteiger partial charge in [-0.2, -0.15) is 0 Å². The average molecular weight is 381 g/mol. The normalized spacial score (nSPS) is 19.5. The van der Waals surface area contributed by atoms with E-state index in [2.05, 4.69) is 15.3 Å². The van der Waals surface area contributed by atoms with Crippen LogP contribution < -0.4 is 5.32 Å². The molecule has 1 atom stereocenters. The van der Waals surface area contributed by atoms with Crippen molar-refractivity contribution in [3.8, 4) is 0 Å². The molecule has 2 aliphatic rings. The number of carbonyl (C=O) groups is 2. The summed E-state index contributed by atoms with van der Waals surface area (Å²) in [5.74, 6) is 0.234. The lowest BCUT2D eigenvalue weighted by Gasteiger charge is -2.32. The van der Waals surface area contributed by atoms with Crippen molar-refractivity contribution < 1.29 is 14.3 Å².